The molecule has 7 nitrogen and oxygen atoms in total. The average Bonchev–Trinajstić information content (AvgIpc) is 3.78. The number of anilines is 1. The predicted octanol–water partition coefficient (Wildman–Crippen LogP) is 5.54. The van der Waals surface area contributed by atoms with Gasteiger partial charge in [0.2, 0.25) is 0 Å². The standard InChI is InChI=1S/C25H23N5O2S/c1-32-22-9-5-16(17-4-8-21(26-12-17)15-2-3-15)10-20(22)25(31)28-18-11-23(33-13-18)24-29-27-14-30(24)19-6-7-19/h4-5,8-15,19H,2-3,6-7H2,1H3,(H,28,31). The molecule has 2 aliphatic rings. The van der Waals surface area contributed by atoms with Gasteiger partial charge in [0.15, 0.2) is 5.82 Å². The summed E-state index contributed by atoms with van der Waals surface area (Å²) in [4.78, 5) is 18.8. The van der Waals surface area contributed by atoms with E-state index in [0.29, 0.717) is 23.3 Å². The molecule has 0 bridgehead atoms. The zero-order chi connectivity index (χ0) is 22.4. The highest BCUT2D eigenvalue weighted by molar-refractivity contribution is 7.14. The summed E-state index contributed by atoms with van der Waals surface area (Å²) in [5.41, 5.74) is 4.27. The highest BCUT2D eigenvalue weighted by Gasteiger charge is 2.27. The number of amides is 1. The Morgan fingerprint density at radius 2 is 1.97 bits per heavy atom. The minimum absolute atomic E-state index is 0.218. The Balaban J connectivity index is 1.24. The van der Waals surface area contributed by atoms with Crippen molar-refractivity contribution in [3.63, 3.8) is 0 Å². The SMILES string of the molecule is COc1ccc(-c2ccc(C3CC3)nc2)cc1C(=O)Nc1csc(-c2nncn2C2CC2)c1. The van der Waals surface area contributed by atoms with Crippen molar-refractivity contribution in [1.82, 2.24) is 19.7 Å². The number of pyridine rings is 1. The molecule has 1 amide bonds. The Hall–Kier alpha value is -3.52. The zero-order valence-electron chi connectivity index (χ0n) is 18.2. The number of thiophene rings is 1. The number of benzene rings is 1. The molecule has 0 radical (unpaired) electrons. The van der Waals surface area contributed by atoms with Gasteiger partial charge in [-0.1, -0.05) is 12.1 Å². The summed E-state index contributed by atoms with van der Waals surface area (Å²) in [6.45, 7) is 0. The summed E-state index contributed by atoms with van der Waals surface area (Å²) >= 11 is 1.54. The number of aromatic nitrogens is 4. The summed E-state index contributed by atoms with van der Waals surface area (Å²) in [7, 11) is 1.57. The number of methoxy groups -OCH3 is 1. The fourth-order valence-electron chi connectivity index (χ4n) is 4.02. The van der Waals surface area contributed by atoms with Crippen molar-refractivity contribution < 1.29 is 9.53 Å². The topological polar surface area (TPSA) is 81.9 Å². The fourth-order valence-corrected chi connectivity index (χ4v) is 4.85. The van der Waals surface area contributed by atoms with Crippen LogP contribution in [0.3, 0.4) is 0 Å². The minimum atomic E-state index is -0.218. The molecule has 1 N–H and O–H groups in total. The highest BCUT2D eigenvalue weighted by atomic mass is 32.1. The third-order valence-corrected chi connectivity index (χ3v) is 7.08. The maximum atomic E-state index is 13.2. The van der Waals surface area contributed by atoms with Crippen LogP contribution in [0.4, 0.5) is 5.69 Å². The summed E-state index contributed by atoms with van der Waals surface area (Å²) in [5.74, 6) is 1.78. The first-order valence-electron chi connectivity index (χ1n) is 11.1. The van der Waals surface area contributed by atoms with Gasteiger partial charge in [-0.2, -0.15) is 0 Å². The van der Waals surface area contributed by atoms with E-state index in [4.69, 9.17) is 4.74 Å². The molecular formula is C25H23N5O2S. The summed E-state index contributed by atoms with van der Waals surface area (Å²) < 4.78 is 7.59. The number of hydrogen-bond donors (Lipinski definition) is 1. The Morgan fingerprint density at radius 3 is 2.70 bits per heavy atom. The van der Waals surface area contributed by atoms with Gasteiger partial charge in [0, 0.05) is 34.8 Å². The molecule has 8 heteroatoms. The lowest BCUT2D eigenvalue weighted by atomic mass is 10.0. The van der Waals surface area contributed by atoms with Crippen LogP contribution in [-0.4, -0.2) is 32.8 Å². The summed E-state index contributed by atoms with van der Waals surface area (Å²) in [6, 6.07) is 12.2. The Labute approximate surface area is 195 Å². The molecular weight excluding hydrogens is 434 g/mol. The maximum Gasteiger partial charge on any atom is 0.259 e. The van der Waals surface area contributed by atoms with Crippen molar-refractivity contribution in [2.75, 3.05) is 12.4 Å². The molecule has 0 atom stereocenters. The van der Waals surface area contributed by atoms with Gasteiger partial charge in [-0.25, -0.2) is 0 Å². The number of carbonyl (C=O) groups is 1. The minimum Gasteiger partial charge on any atom is -0.496 e. The van der Waals surface area contributed by atoms with Crippen molar-refractivity contribution in [3.8, 4) is 27.6 Å². The number of hydrogen-bond acceptors (Lipinski definition) is 6. The van der Waals surface area contributed by atoms with E-state index in [2.05, 4.69) is 37.2 Å². The molecule has 2 fully saturated rings. The smallest absolute Gasteiger partial charge is 0.259 e. The van der Waals surface area contributed by atoms with Gasteiger partial charge in [0.05, 0.1) is 23.2 Å². The second-order valence-corrected chi connectivity index (χ2v) is 9.52. The van der Waals surface area contributed by atoms with Crippen molar-refractivity contribution in [3.05, 3.63) is 65.6 Å². The van der Waals surface area contributed by atoms with Crippen LogP contribution in [0, 0.1) is 0 Å². The van der Waals surface area contributed by atoms with Gasteiger partial charge >= 0.3 is 0 Å². The van der Waals surface area contributed by atoms with E-state index in [0.717, 1.165) is 46.1 Å². The van der Waals surface area contributed by atoms with E-state index in [-0.39, 0.29) is 5.91 Å². The van der Waals surface area contributed by atoms with Crippen LogP contribution < -0.4 is 10.1 Å². The molecule has 2 aliphatic carbocycles. The van der Waals surface area contributed by atoms with Crippen molar-refractivity contribution in [1.29, 1.82) is 0 Å². The first-order valence-corrected chi connectivity index (χ1v) is 12.0. The molecule has 0 unspecified atom stereocenters. The predicted molar refractivity (Wildman–Crippen MR) is 128 cm³/mol. The van der Waals surface area contributed by atoms with Gasteiger partial charge in [-0.3, -0.25) is 9.78 Å². The lowest BCUT2D eigenvalue weighted by molar-refractivity contribution is 0.102. The number of nitrogens with one attached hydrogen (secondary N) is 1. The lowest BCUT2D eigenvalue weighted by Gasteiger charge is -2.11. The van der Waals surface area contributed by atoms with Crippen molar-refractivity contribution in [2.45, 2.75) is 37.6 Å². The molecule has 3 aromatic heterocycles. The van der Waals surface area contributed by atoms with Crippen LogP contribution in [0.15, 0.2) is 54.3 Å². The van der Waals surface area contributed by atoms with E-state index in [1.54, 1.807) is 24.8 Å². The lowest BCUT2D eigenvalue weighted by Crippen LogP contribution is -2.13. The van der Waals surface area contributed by atoms with Gasteiger partial charge in [-0.15, -0.1) is 21.5 Å². The molecule has 2 saturated carbocycles. The third kappa shape index (κ3) is 4.02. The molecule has 6 rings (SSSR count). The molecule has 3 heterocycles. The van der Waals surface area contributed by atoms with E-state index >= 15 is 0 Å². The molecule has 166 valence electrons. The molecule has 1 aromatic carbocycles. The number of ether oxygens (including phenoxy) is 1. The van der Waals surface area contributed by atoms with Crippen LogP contribution in [0.2, 0.25) is 0 Å². The van der Waals surface area contributed by atoms with E-state index in [9.17, 15) is 4.79 Å². The van der Waals surface area contributed by atoms with Gasteiger partial charge in [-0.05, 0) is 55.5 Å². The van der Waals surface area contributed by atoms with Crippen molar-refractivity contribution >= 4 is 22.9 Å². The van der Waals surface area contributed by atoms with Crippen molar-refractivity contribution in [2.24, 2.45) is 0 Å². The first-order chi connectivity index (χ1) is 16.2. The molecule has 0 aliphatic heterocycles. The monoisotopic (exact) mass is 457 g/mol. The van der Waals surface area contributed by atoms with E-state index in [1.165, 1.54) is 12.8 Å². The second kappa shape index (κ2) is 8.12. The van der Waals surface area contributed by atoms with Crippen LogP contribution >= 0.6 is 11.3 Å². The fraction of sp³-hybridized carbons (Fsp3) is 0.280. The van der Waals surface area contributed by atoms with Crippen LogP contribution in [-0.2, 0) is 0 Å². The molecule has 4 aromatic rings. The maximum absolute atomic E-state index is 13.2. The number of carbonyl (C=O) groups excluding carboxylic acids is 1. The van der Waals surface area contributed by atoms with Crippen LogP contribution in [0.25, 0.3) is 21.8 Å². The van der Waals surface area contributed by atoms with Gasteiger partial charge in [0.1, 0.15) is 12.1 Å². The Kier molecular flexibility index (Phi) is 4.95. The average molecular weight is 458 g/mol. The van der Waals surface area contributed by atoms with E-state index < -0.39 is 0 Å². The number of rotatable bonds is 7. The third-order valence-electron chi connectivity index (χ3n) is 6.15. The van der Waals surface area contributed by atoms with Gasteiger partial charge < -0.3 is 14.6 Å². The van der Waals surface area contributed by atoms with Crippen LogP contribution in [0.5, 0.6) is 5.75 Å². The number of nitrogens with zero attached hydrogens (tertiary/aromatic N) is 4. The summed E-state index contributed by atoms with van der Waals surface area (Å²) in [6.07, 6.45) is 8.45. The summed E-state index contributed by atoms with van der Waals surface area (Å²) in [5, 5.41) is 13.3. The van der Waals surface area contributed by atoms with Crippen LogP contribution in [0.1, 0.15) is 53.7 Å². The molecule has 0 spiro atoms. The second-order valence-electron chi connectivity index (χ2n) is 8.61. The quantitative estimate of drug-likeness (QED) is 0.394. The highest BCUT2D eigenvalue weighted by Crippen LogP contribution is 2.40. The molecule has 33 heavy (non-hydrogen) atoms. The normalized spacial score (nSPS) is 15.4. The molecule has 0 saturated heterocycles. The first kappa shape index (κ1) is 20.1. The van der Waals surface area contributed by atoms with E-state index in [1.807, 2.05) is 35.8 Å². The Morgan fingerprint density at radius 1 is 1.12 bits per heavy atom. The van der Waals surface area contributed by atoms with Gasteiger partial charge in [0.25, 0.3) is 5.91 Å². The zero-order valence-corrected chi connectivity index (χ0v) is 19.0. The Bertz CT molecular complexity index is 1320. The largest absolute Gasteiger partial charge is 0.496 e.